The highest BCUT2D eigenvalue weighted by Crippen LogP contribution is 2.30. The number of hydrogen-bond acceptors (Lipinski definition) is 2. The minimum Gasteiger partial charge on any atom is -0.457 e. The standard InChI is InChI=1S/C21H21NO2/c1-2-3-11-21(23)22-17-12-14-18(15-13-17)24-20-10-6-8-16-7-4-5-9-19(16)20/h4-10,12-15H,2-3,11H2,1H3,(H,22,23). The molecule has 0 heterocycles. The largest absolute Gasteiger partial charge is 0.457 e. The molecule has 0 aliphatic carbocycles. The van der Waals surface area contributed by atoms with Crippen LogP contribution in [0.25, 0.3) is 10.8 Å². The highest BCUT2D eigenvalue weighted by atomic mass is 16.5. The third-order valence-electron chi connectivity index (χ3n) is 3.87. The highest BCUT2D eigenvalue weighted by molar-refractivity contribution is 5.91. The number of rotatable bonds is 6. The average molecular weight is 319 g/mol. The smallest absolute Gasteiger partial charge is 0.224 e. The first-order valence-electron chi connectivity index (χ1n) is 8.32. The molecule has 0 saturated heterocycles. The molecule has 122 valence electrons. The Morgan fingerprint density at radius 3 is 2.50 bits per heavy atom. The minimum absolute atomic E-state index is 0.0552. The first kappa shape index (κ1) is 16.1. The summed E-state index contributed by atoms with van der Waals surface area (Å²) >= 11 is 0. The highest BCUT2D eigenvalue weighted by Gasteiger charge is 2.04. The Bertz CT molecular complexity index is 819. The Hall–Kier alpha value is -2.81. The zero-order valence-corrected chi connectivity index (χ0v) is 13.8. The number of amides is 1. The zero-order valence-electron chi connectivity index (χ0n) is 13.8. The van der Waals surface area contributed by atoms with Gasteiger partial charge in [0.1, 0.15) is 11.5 Å². The van der Waals surface area contributed by atoms with Crippen LogP contribution in [0.2, 0.25) is 0 Å². The van der Waals surface area contributed by atoms with Crippen molar-refractivity contribution in [2.75, 3.05) is 5.32 Å². The summed E-state index contributed by atoms with van der Waals surface area (Å²) in [4.78, 5) is 11.8. The van der Waals surface area contributed by atoms with Gasteiger partial charge in [-0.2, -0.15) is 0 Å². The summed E-state index contributed by atoms with van der Waals surface area (Å²) in [6, 6.07) is 21.6. The number of fused-ring (bicyclic) bond motifs is 1. The van der Waals surface area contributed by atoms with Gasteiger partial charge in [0, 0.05) is 17.5 Å². The van der Waals surface area contributed by atoms with Gasteiger partial charge >= 0.3 is 0 Å². The monoisotopic (exact) mass is 319 g/mol. The van der Waals surface area contributed by atoms with Gasteiger partial charge in [0.15, 0.2) is 0 Å². The van der Waals surface area contributed by atoms with Crippen LogP contribution in [0.1, 0.15) is 26.2 Å². The van der Waals surface area contributed by atoms with E-state index in [1.54, 1.807) is 0 Å². The molecule has 0 saturated carbocycles. The van der Waals surface area contributed by atoms with E-state index < -0.39 is 0 Å². The van der Waals surface area contributed by atoms with Crippen molar-refractivity contribution in [1.82, 2.24) is 0 Å². The molecule has 0 spiro atoms. The van der Waals surface area contributed by atoms with E-state index in [9.17, 15) is 4.79 Å². The molecule has 3 aromatic rings. The number of anilines is 1. The van der Waals surface area contributed by atoms with Crippen molar-refractivity contribution in [2.45, 2.75) is 26.2 Å². The van der Waals surface area contributed by atoms with Crippen molar-refractivity contribution in [2.24, 2.45) is 0 Å². The van der Waals surface area contributed by atoms with E-state index in [0.717, 1.165) is 40.8 Å². The number of carbonyl (C=O) groups is 1. The molecule has 0 fully saturated rings. The predicted molar refractivity (Wildman–Crippen MR) is 98.6 cm³/mol. The van der Waals surface area contributed by atoms with Crippen LogP contribution in [0.4, 0.5) is 5.69 Å². The van der Waals surface area contributed by atoms with Crippen LogP contribution in [0.3, 0.4) is 0 Å². The van der Waals surface area contributed by atoms with Gasteiger partial charge in [-0.25, -0.2) is 0 Å². The van der Waals surface area contributed by atoms with Crippen LogP contribution >= 0.6 is 0 Å². The average Bonchev–Trinajstić information content (AvgIpc) is 2.62. The molecule has 0 aromatic heterocycles. The molecule has 3 heteroatoms. The Morgan fingerprint density at radius 2 is 1.71 bits per heavy atom. The number of carbonyl (C=O) groups excluding carboxylic acids is 1. The summed E-state index contributed by atoms with van der Waals surface area (Å²) < 4.78 is 6.00. The van der Waals surface area contributed by atoms with E-state index >= 15 is 0 Å². The quantitative estimate of drug-likeness (QED) is 0.627. The molecule has 1 N–H and O–H groups in total. The number of benzene rings is 3. The number of ether oxygens (including phenoxy) is 1. The molecular weight excluding hydrogens is 298 g/mol. The summed E-state index contributed by atoms with van der Waals surface area (Å²) in [5.41, 5.74) is 0.793. The summed E-state index contributed by atoms with van der Waals surface area (Å²) in [5, 5.41) is 5.13. The lowest BCUT2D eigenvalue weighted by molar-refractivity contribution is -0.116. The Kier molecular flexibility index (Phi) is 5.12. The summed E-state index contributed by atoms with van der Waals surface area (Å²) in [6.45, 7) is 2.08. The number of unbranched alkanes of at least 4 members (excludes halogenated alkanes) is 1. The van der Waals surface area contributed by atoms with Crippen molar-refractivity contribution in [3.8, 4) is 11.5 Å². The van der Waals surface area contributed by atoms with Crippen LogP contribution in [0.15, 0.2) is 66.7 Å². The Labute approximate surface area is 142 Å². The van der Waals surface area contributed by atoms with Crippen molar-refractivity contribution in [3.05, 3.63) is 66.7 Å². The van der Waals surface area contributed by atoms with Crippen LogP contribution in [0.5, 0.6) is 11.5 Å². The lowest BCUT2D eigenvalue weighted by Gasteiger charge is -2.10. The molecule has 3 rings (SSSR count). The SMILES string of the molecule is CCCCC(=O)Nc1ccc(Oc2cccc3ccccc23)cc1. The number of nitrogens with one attached hydrogen (secondary N) is 1. The first-order valence-corrected chi connectivity index (χ1v) is 8.32. The topological polar surface area (TPSA) is 38.3 Å². The van der Waals surface area contributed by atoms with Crippen LogP contribution in [0, 0.1) is 0 Å². The molecule has 0 radical (unpaired) electrons. The maximum Gasteiger partial charge on any atom is 0.224 e. The fourth-order valence-corrected chi connectivity index (χ4v) is 2.58. The Morgan fingerprint density at radius 1 is 0.958 bits per heavy atom. The van der Waals surface area contributed by atoms with Gasteiger partial charge in [-0.1, -0.05) is 49.7 Å². The molecule has 3 aromatic carbocycles. The van der Waals surface area contributed by atoms with E-state index in [4.69, 9.17) is 4.74 Å². The maximum absolute atomic E-state index is 11.8. The molecule has 24 heavy (non-hydrogen) atoms. The van der Waals surface area contributed by atoms with Gasteiger partial charge < -0.3 is 10.1 Å². The van der Waals surface area contributed by atoms with Gasteiger partial charge in [0.25, 0.3) is 0 Å². The third kappa shape index (κ3) is 3.93. The fraction of sp³-hybridized carbons (Fsp3) is 0.190. The summed E-state index contributed by atoms with van der Waals surface area (Å²) in [5.74, 6) is 1.63. The first-order chi connectivity index (χ1) is 11.8. The van der Waals surface area contributed by atoms with Gasteiger partial charge in [-0.15, -0.1) is 0 Å². The van der Waals surface area contributed by atoms with E-state index in [1.807, 2.05) is 54.6 Å². The normalized spacial score (nSPS) is 10.5. The van der Waals surface area contributed by atoms with Crippen LogP contribution in [-0.2, 0) is 4.79 Å². The minimum atomic E-state index is 0.0552. The third-order valence-corrected chi connectivity index (χ3v) is 3.87. The fourth-order valence-electron chi connectivity index (χ4n) is 2.58. The van der Waals surface area contributed by atoms with Gasteiger partial charge in [0.05, 0.1) is 0 Å². The predicted octanol–water partition coefficient (Wildman–Crippen LogP) is 5.76. The van der Waals surface area contributed by atoms with Gasteiger partial charge in [-0.3, -0.25) is 4.79 Å². The maximum atomic E-state index is 11.8. The summed E-state index contributed by atoms with van der Waals surface area (Å²) in [6.07, 6.45) is 2.49. The Balaban J connectivity index is 1.71. The molecule has 3 nitrogen and oxygen atoms in total. The van der Waals surface area contributed by atoms with Gasteiger partial charge in [0.2, 0.25) is 5.91 Å². The molecule has 0 bridgehead atoms. The van der Waals surface area contributed by atoms with E-state index in [1.165, 1.54) is 0 Å². The van der Waals surface area contributed by atoms with E-state index in [0.29, 0.717) is 6.42 Å². The second-order valence-electron chi connectivity index (χ2n) is 5.76. The molecule has 1 amide bonds. The van der Waals surface area contributed by atoms with Crippen LogP contribution in [-0.4, -0.2) is 5.91 Å². The van der Waals surface area contributed by atoms with E-state index in [2.05, 4.69) is 24.4 Å². The van der Waals surface area contributed by atoms with Crippen molar-refractivity contribution in [1.29, 1.82) is 0 Å². The molecule has 0 unspecified atom stereocenters. The van der Waals surface area contributed by atoms with Crippen molar-refractivity contribution >= 4 is 22.4 Å². The molecule has 0 atom stereocenters. The van der Waals surface area contributed by atoms with Gasteiger partial charge in [-0.05, 0) is 42.1 Å². The molecule has 0 aliphatic rings. The lowest BCUT2D eigenvalue weighted by atomic mass is 10.1. The van der Waals surface area contributed by atoms with Crippen LogP contribution < -0.4 is 10.1 Å². The molecule has 0 aliphatic heterocycles. The lowest BCUT2D eigenvalue weighted by Crippen LogP contribution is -2.10. The second-order valence-corrected chi connectivity index (χ2v) is 5.76. The summed E-state index contributed by atoms with van der Waals surface area (Å²) in [7, 11) is 0. The van der Waals surface area contributed by atoms with Crippen molar-refractivity contribution < 1.29 is 9.53 Å². The van der Waals surface area contributed by atoms with Crippen molar-refractivity contribution in [3.63, 3.8) is 0 Å². The molecular formula is C21H21NO2. The number of hydrogen-bond donors (Lipinski definition) is 1. The second kappa shape index (κ2) is 7.64. The van der Waals surface area contributed by atoms with E-state index in [-0.39, 0.29) is 5.91 Å². The zero-order chi connectivity index (χ0) is 16.8.